The van der Waals surface area contributed by atoms with Crippen LogP contribution in [0.2, 0.25) is 0 Å². The van der Waals surface area contributed by atoms with E-state index >= 15 is 0 Å². The molecule has 0 bridgehead atoms. The summed E-state index contributed by atoms with van der Waals surface area (Å²) in [5.41, 5.74) is 2.71. The normalized spacial score (nSPS) is 19.0. The number of amides is 1. The van der Waals surface area contributed by atoms with Crippen LogP contribution >= 0.6 is 0 Å². The summed E-state index contributed by atoms with van der Waals surface area (Å²) in [5, 5.41) is 10.7. The average molecular weight is 330 g/mol. The molecule has 1 aliphatic heterocycles. The zero-order chi connectivity index (χ0) is 17.1. The number of hydrogen-bond acceptors (Lipinski definition) is 3. The summed E-state index contributed by atoms with van der Waals surface area (Å²) >= 11 is 0. The quantitative estimate of drug-likeness (QED) is 0.905. The van der Waals surface area contributed by atoms with Crippen LogP contribution in [-0.2, 0) is 4.79 Å². The average Bonchev–Trinajstić information content (AvgIpc) is 2.98. The molecule has 24 heavy (non-hydrogen) atoms. The molecule has 2 N–H and O–H groups in total. The van der Waals surface area contributed by atoms with E-state index in [1.54, 1.807) is 23.0 Å². The molecule has 2 aromatic rings. The highest BCUT2D eigenvalue weighted by Gasteiger charge is 2.23. The Morgan fingerprint density at radius 3 is 2.83 bits per heavy atom. The van der Waals surface area contributed by atoms with E-state index in [0.717, 1.165) is 42.9 Å². The standard InChI is InChI=1S/C18H23FN4O/c1-12(22-18(24)14-4-3-9-20-10-14)17-11-21-23(13(17)2)16-7-5-15(19)6-8-16/h5-8,11-12,14,20H,3-4,9-10H2,1-2H3,(H,22,24). The van der Waals surface area contributed by atoms with Crippen LogP contribution in [0.3, 0.4) is 0 Å². The molecule has 2 heterocycles. The molecule has 2 atom stereocenters. The number of carbonyl (C=O) groups excluding carboxylic acids is 1. The topological polar surface area (TPSA) is 59.0 Å². The first-order valence-electron chi connectivity index (χ1n) is 8.38. The lowest BCUT2D eigenvalue weighted by Gasteiger charge is -2.24. The fraction of sp³-hybridized carbons (Fsp3) is 0.444. The van der Waals surface area contributed by atoms with Crippen LogP contribution in [-0.4, -0.2) is 28.8 Å². The molecule has 2 unspecified atom stereocenters. The maximum atomic E-state index is 13.1. The molecule has 1 aromatic heterocycles. The lowest BCUT2D eigenvalue weighted by molar-refractivity contribution is -0.126. The third kappa shape index (κ3) is 3.48. The van der Waals surface area contributed by atoms with Crippen molar-refractivity contribution < 1.29 is 9.18 Å². The van der Waals surface area contributed by atoms with Crippen LogP contribution < -0.4 is 10.6 Å². The van der Waals surface area contributed by atoms with Crippen LogP contribution in [0.15, 0.2) is 30.5 Å². The van der Waals surface area contributed by atoms with Gasteiger partial charge in [-0.1, -0.05) is 0 Å². The van der Waals surface area contributed by atoms with E-state index in [4.69, 9.17) is 0 Å². The summed E-state index contributed by atoms with van der Waals surface area (Å²) in [6.07, 6.45) is 3.73. The van der Waals surface area contributed by atoms with Crippen LogP contribution in [0.1, 0.15) is 37.1 Å². The first-order valence-corrected chi connectivity index (χ1v) is 8.38. The van der Waals surface area contributed by atoms with Gasteiger partial charge in [0, 0.05) is 17.8 Å². The number of aromatic nitrogens is 2. The minimum Gasteiger partial charge on any atom is -0.349 e. The van der Waals surface area contributed by atoms with Gasteiger partial charge < -0.3 is 10.6 Å². The molecule has 5 nitrogen and oxygen atoms in total. The van der Waals surface area contributed by atoms with Crippen molar-refractivity contribution in [2.75, 3.05) is 13.1 Å². The maximum Gasteiger partial charge on any atom is 0.224 e. The number of halogens is 1. The van der Waals surface area contributed by atoms with Crippen molar-refractivity contribution in [2.45, 2.75) is 32.7 Å². The van der Waals surface area contributed by atoms with Gasteiger partial charge in [0.1, 0.15) is 5.82 Å². The summed E-state index contributed by atoms with van der Waals surface area (Å²) in [7, 11) is 0. The third-order valence-electron chi connectivity index (χ3n) is 4.61. The van der Waals surface area contributed by atoms with Crippen LogP contribution in [0.4, 0.5) is 4.39 Å². The fourth-order valence-electron chi connectivity index (χ4n) is 3.17. The lowest BCUT2D eigenvalue weighted by atomic mass is 9.98. The van der Waals surface area contributed by atoms with Gasteiger partial charge in [0.25, 0.3) is 0 Å². The van der Waals surface area contributed by atoms with Crippen molar-refractivity contribution in [3.63, 3.8) is 0 Å². The van der Waals surface area contributed by atoms with Gasteiger partial charge in [0.05, 0.1) is 23.8 Å². The molecule has 6 heteroatoms. The van der Waals surface area contributed by atoms with Gasteiger partial charge in [-0.05, 0) is 57.5 Å². The van der Waals surface area contributed by atoms with E-state index in [0.29, 0.717) is 0 Å². The number of carbonyl (C=O) groups is 1. The Morgan fingerprint density at radius 1 is 1.42 bits per heavy atom. The van der Waals surface area contributed by atoms with Gasteiger partial charge in [-0.25, -0.2) is 9.07 Å². The summed E-state index contributed by atoms with van der Waals surface area (Å²) in [6.45, 7) is 5.65. The number of nitrogens with one attached hydrogen (secondary N) is 2. The van der Waals surface area contributed by atoms with Crippen molar-refractivity contribution in [1.29, 1.82) is 0 Å². The Hall–Kier alpha value is -2.21. The van der Waals surface area contributed by atoms with E-state index in [2.05, 4.69) is 15.7 Å². The smallest absolute Gasteiger partial charge is 0.224 e. The van der Waals surface area contributed by atoms with Gasteiger partial charge >= 0.3 is 0 Å². The molecule has 0 saturated carbocycles. The molecule has 1 amide bonds. The predicted molar refractivity (Wildman–Crippen MR) is 90.4 cm³/mol. The molecule has 3 rings (SSSR count). The molecule has 0 spiro atoms. The van der Waals surface area contributed by atoms with Gasteiger partial charge in [0.2, 0.25) is 5.91 Å². The summed E-state index contributed by atoms with van der Waals surface area (Å²) in [5.74, 6) is -0.150. The van der Waals surface area contributed by atoms with E-state index in [1.807, 2.05) is 13.8 Å². The molecule has 0 radical (unpaired) electrons. The van der Waals surface area contributed by atoms with Crippen LogP contribution in [0, 0.1) is 18.7 Å². The van der Waals surface area contributed by atoms with E-state index < -0.39 is 0 Å². The molecule has 1 fully saturated rings. The number of nitrogens with zero attached hydrogens (tertiary/aromatic N) is 2. The van der Waals surface area contributed by atoms with Crippen molar-refractivity contribution in [2.24, 2.45) is 5.92 Å². The van der Waals surface area contributed by atoms with Gasteiger partial charge in [-0.2, -0.15) is 5.10 Å². The second kappa shape index (κ2) is 7.13. The zero-order valence-electron chi connectivity index (χ0n) is 14.1. The molecule has 1 aromatic carbocycles. The second-order valence-electron chi connectivity index (χ2n) is 6.35. The van der Waals surface area contributed by atoms with Crippen LogP contribution in [0.5, 0.6) is 0 Å². The fourth-order valence-corrected chi connectivity index (χ4v) is 3.17. The van der Waals surface area contributed by atoms with Crippen molar-refractivity contribution >= 4 is 5.91 Å². The number of piperidine rings is 1. The minimum atomic E-state index is -0.273. The number of hydrogen-bond donors (Lipinski definition) is 2. The van der Waals surface area contributed by atoms with Gasteiger partial charge in [0.15, 0.2) is 0 Å². The SMILES string of the molecule is Cc1c(C(C)NC(=O)C2CCCNC2)cnn1-c1ccc(F)cc1. The summed E-state index contributed by atoms with van der Waals surface area (Å²) in [4.78, 5) is 12.4. The summed E-state index contributed by atoms with van der Waals surface area (Å²) < 4.78 is 14.8. The molecule has 0 aliphatic carbocycles. The van der Waals surface area contributed by atoms with Crippen molar-refractivity contribution in [3.8, 4) is 5.69 Å². The van der Waals surface area contributed by atoms with Crippen molar-refractivity contribution in [1.82, 2.24) is 20.4 Å². The summed E-state index contributed by atoms with van der Waals surface area (Å²) in [6, 6.07) is 6.09. The monoisotopic (exact) mass is 330 g/mol. The highest BCUT2D eigenvalue weighted by Crippen LogP contribution is 2.21. The van der Waals surface area contributed by atoms with Gasteiger partial charge in [-0.3, -0.25) is 4.79 Å². The van der Waals surface area contributed by atoms with Crippen LogP contribution in [0.25, 0.3) is 5.69 Å². The highest BCUT2D eigenvalue weighted by molar-refractivity contribution is 5.79. The van der Waals surface area contributed by atoms with E-state index in [-0.39, 0.29) is 23.7 Å². The Morgan fingerprint density at radius 2 is 2.17 bits per heavy atom. The Balaban J connectivity index is 1.72. The second-order valence-corrected chi connectivity index (χ2v) is 6.35. The first kappa shape index (κ1) is 16.6. The Kier molecular flexibility index (Phi) is 4.94. The molecule has 1 aliphatic rings. The molecule has 128 valence electrons. The van der Waals surface area contributed by atoms with E-state index in [9.17, 15) is 9.18 Å². The third-order valence-corrected chi connectivity index (χ3v) is 4.61. The molecular weight excluding hydrogens is 307 g/mol. The highest BCUT2D eigenvalue weighted by atomic mass is 19.1. The molecular formula is C18H23FN4O. The van der Waals surface area contributed by atoms with Crippen molar-refractivity contribution in [3.05, 3.63) is 47.5 Å². The predicted octanol–water partition coefficient (Wildman–Crippen LogP) is 2.50. The Labute approximate surface area is 141 Å². The Bertz CT molecular complexity index is 704. The minimum absolute atomic E-state index is 0.0358. The number of benzene rings is 1. The van der Waals surface area contributed by atoms with E-state index in [1.165, 1.54) is 12.1 Å². The first-order chi connectivity index (χ1) is 11.6. The number of rotatable bonds is 4. The molecule has 1 saturated heterocycles. The largest absolute Gasteiger partial charge is 0.349 e. The lowest BCUT2D eigenvalue weighted by Crippen LogP contribution is -2.41. The zero-order valence-corrected chi connectivity index (χ0v) is 14.1. The van der Waals surface area contributed by atoms with Gasteiger partial charge in [-0.15, -0.1) is 0 Å². The maximum absolute atomic E-state index is 13.1.